The molecular weight excluding hydrogens is 280 g/mol. The molecule has 2 aromatic heterocycles. The minimum atomic E-state index is -0.187. The van der Waals surface area contributed by atoms with Gasteiger partial charge in [-0.05, 0) is 20.1 Å². The highest BCUT2D eigenvalue weighted by atomic mass is 32.2. The standard InChI is InChI=1S/C12H14N4OS2/c1-7-6-19-11(15-7)8(2)16-10(17)9-4-13-12(18-3)14-5-9/h4-6,8H,1-3H3,(H,16,17)/t8-/m0/s1. The van der Waals surface area contributed by atoms with Gasteiger partial charge in [-0.2, -0.15) is 0 Å². The topological polar surface area (TPSA) is 67.8 Å². The number of amides is 1. The number of carbonyl (C=O) groups excluding carboxylic acids is 1. The van der Waals surface area contributed by atoms with Gasteiger partial charge in [-0.15, -0.1) is 11.3 Å². The number of hydrogen-bond acceptors (Lipinski definition) is 6. The summed E-state index contributed by atoms with van der Waals surface area (Å²) in [5.74, 6) is -0.187. The number of nitrogens with one attached hydrogen (secondary N) is 1. The largest absolute Gasteiger partial charge is 0.343 e. The van der Waals surface area contributed by atoms with Gasteiger partial charge in [0.25, 0.3) is 5.91 Å². The molecule has 2 aromatic rings. The van der Waals surface area contributed by atoms with Gasteiger partial charge >= 0.3 is 0 Å². The summed E-state index contributed by atoms with van der Waals surface area (Å²) >= 11 is 2.98. The number of aromatic nitrogens is 3. The van der Waals surface area contributed by atoms with E-state index in [0.717, 1.165) is 10.7 Å². The van der Waals surface area contributed by atoms with Crippen molar-refractivity contribution < 1.29 is 4.79 Å². The molecule has 19 heavy (non-hydrogen) atoms. The molecular formula is C12H14N4OS2. The van der Waals surface area contributed by atoms with Crippen molar-refractivity contribution >= 4 is 29.0 Å². The van der Waals surface area contributed by atoms with Crippen LogP contribution in [0.4, 0.5) is 0 Å². The van der Waals surface area contributed by atoms with Crippen molar-refractivity contribution in [2.24, 2.45) is 0 Å². The van der Waals surface area contributed by atoms with E-state index in [-0.39, 0.29) is 11.9 Å². The fraction of sp³-hybridized carbons (Fsp3) is 0.333. The van der Waals surface area contributed by atoms with Crippen LogP contribution in [0.1, 0.15) is 34.0 Å². The Bertz CT molecular complexity index is 567. The first kappa shape index (κ1) is 14.0. The zero-order chi connectivity index (χ0) is 13.8. The maximum atomic E-state index is 12.0. The van der Waals surface area contributed by atoms with Crippen LogP contribution < -0.4 is 5.32 Å². The van der Waals surface area contributed by atoms with Gasteiger partial charge in [0.15, 0.2) is 5.16 Å². The second kappa shape index (κ2) is 6.12. The van der Waals surface area contributed by atoms with Gasteiger partial charge in [0.2, 0.25) is 0 Å². The van der Waals surface area contributed by atoms with Gasteiger partial charge in [-0.25, -0.2) is 15.0 Å². The maximum absolute atomic E-state index is 12.0. The number of hydrogen-bond donors (Lipinski definition) is 1. The summed E-state index contributed by atoms with van der Waals surface area (Å²) < 4.78 is 0. The van der Waals surface area contributed by atoms with E-state index in [9.17, 15) is 4.79 Å². The Hall–Kier alpha value is -1.47. The van der Waals surface area contributed by atoms with Crippen LogP contribution in [0.2, 0.25) is 0 Å². The van der Waals surface area contributed by atoms with Crippen LogP contribution in [0, 0.1) is 6.92 Å². The number of aryl methyl sites for hydroxylation is 1. The van der Waals surface area contributed by atoms with Crippen LogP contribution in [0.15, 0.2) is 22.9 Å². The van der Waals surface area contributed by atoms with Crippen molar-refractivity contribution in [2.75, 3.05) is 6.26 Å². The molecule has 0 saturated heterocycles. The molecule has 0 aliphatic heterocycles. The van der Waals surface area contributed by atoms with Crippen molar-refractivity contribution in [1.82, 2.24) is 20.3 Å². The molecule has 0 fully saturated rings. The van der Waals surface area contributed by atoms with Gasteiger partial charge < -0.3 is 5.32 Å². The molecule has 5 nitrogen and oxygen atoms in total. The first-order chi connectivity index (χ1) is 9.10. The Morgan fingerprint density at radius 3 is 2.63 bits per heavy atom. The minimum absolute atomic E-state index is 0.119. The number of nitrogens with zero attached hydrogens (tertiary/aromatic N) is 3. The summed E-state index contributed by atoms with van der Waals surface area (Å²) in [5, 5.41) is 6.40. The Balaban J connectivity index is 2.03. The van der Waals surface area contributed by atoms with Crippen LogP contribution in [0.25, 0.3) is 0 Å². The number of rotatable bonds is 4. The lowest BCUT2D eigenvalue weighted by Gasteiger charge is -2.10. The second-order valence-corrected chi connectivity index (χ2v) is 5.64. The van der Waals surface area contributed by atoms with E-state index in [0.29, 0.717) is 10.7 Å². The molecule has 0 aromatic carbocycles. The third-order valence-corrected chi connectivity index (χ3v) is 4.15. The van der Waals surface area contributed by atoms with E-state index in [1.54, 1.807) is 11.3 Å². The van der Waals surface area contributed by atoms with E-state index >= 15 is 0 Å². The van der Waals surface area contributed by atoms with E-state index in [1.165, 1.54) is 24.2 Å². The van der Waals surface area contributed by atoms with Gasteiger partial charge in [0.05, 0.1) is 11.6 Å². The molecule has 2 heterocycles. The molecule has 0 spiro atoms. The molecule has 1 atom stereocenters. The monoisotopic (exact) mass is 294 g/mol. The van der Waals surface area contributed by atoms with Gasteiger partial charge in [-0.1, -0.05) is 11.8 Å². The van der Waals surface area contributed by atoms with E-state index in [4.69, 9.17) is 0 Å². The first-order valence-electron chi connectivity index (χ1n) is 5.69. The summed E-state index contributed by atoms with van der Waals surface area (Å²) in [7, 11) is 0. The molecule has 1 amide bonds. The predicted molar refractivity (Wildman–Crippen MR) is 76.5 cm³/mol. The smallest absolute Gasteiger partial charge is 0.254 e. The number of carbonyl (C=O) groups is 1. The van der Waals surface area contributed by atoms with Crippen molar-refractivity contribution in [3.05, 3.63) is 34.0 Å². The Labute approximate surface area is 119 Å². The van der Waals surface area contributed by atoms with Gasteiger partial charge in [0, 0.05) is 23.5 Å². The molecule has 100 valence electrons. The normalized spacial score (nSPS) is 12.2. The molecule has 0 aliphatic rings. The van der Waals surface area contributed by atoms with E-state index in [1.807, 2.05) is 25.5 Å². The summed E-state index contributed by atoms with van der Waals surface area (Å²) in [6.07, 6.45) is 4.96. The van der Waals surface area contributed by atoms with Crippen molar-refractivity contribution in [2.45, 2.75) is 25.0 Å². The van der Waals surface area contributed by atoms with Gasteiger partial charge in [-0.3, -0.25) is 4.79 Å². The Morgan fingerprint density at radius 2 is 2.11 bits per heavy atom. The molecule has 1 N–H and O–H groups in total. The molecule has 0 aliphatic carbocycles. The summed E-state index contributed by atoms with van der Waals surface area (Å²) in [5.41, 5.74) is 1.42. The maximum Gasteiger partial charge on any atom is 0.254 e. The third kappa shape index (κ3) is 3.51. The second-order valence-electron chi connectivity index (χ2n) is 3.98. The van der Waals surface area contributed by atoms with Gasteiger partial charge in [0.1, 0.15) is 5.01 Å². The molecule has 0 radical (unpaired) electrons. The zero-order valence-electron chi connectivity index (χ0n) is 10.9. The minimum Gasteiger partial charge on any atom is -0.343 e. The average molecular weight is 294 g/mol. The lowest BCUT2D eigenvalue weighted by atomic mass is 10.3. The third-order valence-electron chi connectivity index (χ3n) is 2.43. The number of thioether (sulfide) groups is 1. The van der Waals surface area contributed by atoms with Crippen LogP contribution in [0.5, 0.6) is 0 Å². The fourth-order valence-electron chi connectivity index (χ4n) is 1.45. The Kier molecular flexibility index (Phi) is 4.49. The summed E-state index contributed by atoms with van der Waals surface area (Å²) in [6, 6.07) is -0.119. The van der Waals surface area contributed by atoms with E-state index in [2.05, 4.69) is 20.3 Å². The van der Waals surface area contributed by atoms with Crippen LogP contribution in [-0.4, -0.2) is 27.1 Å². The predicted octanol–water partition coefficient (Wildman–Crippen LogP) is 2.45. The van der Waals surface area contributed by atoms with Crippen molar-refractivity contribution in [3.8, 4) is 0 Å². The highest BCUT2D eigenvalue weighted by molar-refractivity contribution is 7.98. The fourth-order valence-corrected chi connectivity index (χ4v) is 2.57. The van der Waals surface area contributed by atoms with Crippen LogP contribution in [0.3, 0.4) is 0 Å². The van der Waals surface area contributed by atoms with Crippen molar-refractivity contribution in [1.29, 1.82) is 0 Å². The molecule has 0 bridgehead atoms. The number of thiazole rings is 1. The molecule has 0 saturated carbocycles. The SMILES string of the molecule is CSc1ncc(C(=O)N[C@@H](C)c2nc(C)cs2)cn1. The lowest BCUT2D eigenvalue weighted by Crippen LogP contribution is -2.26. The highest BCUT2D eigenvalue weighted by Crippen LogP contribution is 2.17. The van der Waals surface area contributed by atoms with Crippen LogP contribution >= 0.6 is 23.1 Å². The summed E-state index contributed by atoms with van der Waals surface area (Å²) in [4.78, 5) is 24.5. The first-order valence-corrected chi connectivity index (χ1v) is 7.79. The summed E-state index contributed by atoms with van der Waals surface area (Å²) in [6.45, 7) is 3.84. The van der Waals surface area contributed by atoms with Crippen molar-refractivity contribution in [3.63, 3.8) is 0 Å². The average Bonchev–Trinajstić information content (AvgIpc) is 2.85. The molecule has 7 heteroatoms. The Morgan fingerprint density at radius 1 is 1.42 bits per heavy atom. The molecule has 2 rings (SSSR count). The lowest BCUT2D eigenvalue weighted by molar-refractivity contribution is 0.0939. The zero-order valence-corrected chi connectivity index (χ0v) is 12.5. The molecule has 0 unspecified atom stereocenters. The van der Waals surface area contributed by atoms with Crippen LogP contribution in [-0.2, 0) is 0 Å². The highest BCUT2D eigenvalue weighted by Gasteiger charge is 2.14. The van der Waals surface area contributed by atoms with E-state index < -0.39 is 0 Å². The quantitative estimate of drug-likeness (QED) is 0.693.